The van der Waals surface area contributed by atoms with E-state index in [9.17, 15) is 0 Å². The highest BCUT2D eigenvalue weighted by Crippen LogP contribution is 2.42. The molecule has 0 fully saturated rings. The summed E-state index contributed by atoms with van der Waals surface area (Å²) in [7, 11) is 0. The third-order valence-corrected chi connectivity index (χ3v) is 20.3. The number of hydrogen-bond donors (Lipinski definition) is 0. The molecule has 0 amide bonds. The second-order valence-electron chi connectivity index (χ2n) is 26.4. The topological polar surface area (TPSA) is 84.2 Å². The van der Waals surface area contributed by atoms with Gasteiger partial charge in [0.25, 0.3) is 0 Å². The molecule has 6 heterocycles. The van der Waals surface area contributed by atoms with Gasteiger partial charge in [-0.05, 0) is 138 Å². The van der Waals surface area contributed by atoms with Crippen molar-refractivity contribution < 1.29 is 0 Å². The second-order valence-corrected chi connectivity index (χ2v) is 26.4. The van der Waals surface area contributed by atoms with Crippen LogP contribution in [-0.4, -0.2) is 43.2 Å². The predicted octanol–water partition coefficient (Wildman–Crippen LogP) is 23.9. The molecule has 0 radical (unpaired) electrons. The molecule has 0 unspecified atom stereocenters. The molecule has 0 bridgehead atoms. The Morgan fingerprint density at radius 2 is 0.462 bits per heavy atom. The van der Waals surface area contributed by atoms with Crippen molar-refractivity contribution in [2.24, 2.45) is 0 Å². The van der Waals surface area contributed by atoms with E-state index in [2.05, 4.69) is 316 Å². The van der Waals surface area contributed by atoms with Crippen LogP contribution >= 0.6 is 0 Å². The van der Waals surface area contributed by atoms with Gasteiger partial charge in [-0.1, -0.05) is 255 Å². The third-order valence-electron chi connectivity index (χ3n) is 20.3. The highest BCUT2D eigenvalue weighted by Gasteiger charge is 2.22. The Hall–Kier alpha value is -14.2. The standard InChI is InChI=1S/C51H33N5.C44H28N4/c1-4-15-34(16-5-1)49-52-50(35-17-6-2-7-18-35)54-51(53-49)38-19-14-22-40(31-38)56-46-26-13-11-24-42(46)44-33-37(28-30-48(44)56)36-27-29-47-43(32-36)41-23-10-12-25-45(41)55(47)39-20-8-3-9-21-39;1-3-13-29(14-4-1)43-35-19-7-10-20-38(35)45-44(46-43)48-40-22-12-9-18-34(40)37-28-31(24-26-42(37)48)30-23-25-41-36(27-30)33-17-8-11-21-39(33)47(41)32-15-5-2-6-16-32/h1-33H;1-28H. The summed E-state index contributed by atoms with van der Waals surface area (Å²) in [5.41, 5.74) is 23.1. The van der Waals surface area contributed by atoms with Gasteiger partial charge < -0.3 is 13.7 Å². The maximum absolute atomic E-state index is 5.23. The molecule has 9 heteroatoms. The highest BCUT2D eigenvalue weighted by atomic mass is 15.2. The molecule has 0 aliphatic carbocycles. The zero-order valence-electron chi connectivity index (χ0n) is 56.2. The first-order chi connectivity index (χ1) is 51.6. The molecule has 9 nitrogen and oxygen atoms in total. The molecule has 6 aromatic heterocycles. The van der Waals surface area contributed by atoms with Gasteiger partial charge in [-0.2, -0.15) is 0 Å². The Morgan fingerprint density at radius 1 is 0.163 bits per heavy atom. The summed E-state index contributed by atoms with van der Waals surface area (Å²) in [5.74, 6) is 2.59. The summed E-state index contributed by atoms with van der Waals surface area (Å²) in [5, 5.41) is 10.8. The van der Waals surface area contributed by atoms with Crippen molar-refractivity contribution in [2.45, 2.75) is 0 Å². The zero-order valence-corrected chi connectivity index (χ0v) is 56.2. The molecule has 0 atom stereocenters. The van der Waals surface area contributed by atoms with Crippen molar-refractivity contribution in [3.8, 4) is 90.7 Å². The van der Waals surface area contributed by atoms with Crippen LogP contribution < -0.4 is 0 Å². The van der Waals surface area contributed by atoms with E-state index in [0.29, 0.717) is 23.4 Å². The molecule has 0 aliphatic heterocycles. The maximum Gasteiger partial charge on any atom is 0.235 e. The number of nitrogens with zero attached hydrogens (tertiary/aromatic N) is 9. The number of rotatable bonds is 10. The number of para-hydroxylation sites is 7. The largest absolute Gasteiger partial charge is 0.309 e. The fraction of sp³-hybridized carbons (Fsp3) is 0. The number of fused-ring (bicyclic) bond motifs is 13. The summed E-state index contributed by atoms with van der Waals surface area (Å²) in [4.78, 5) is 25.3. The Kier molecular flexibility index (Phi) is 14.4. The lowest BCUT2D eigenvalue weighted by atomic mass is 10.0. The number of hydrogen-bond acceptors (Lipinski definition) is 5. The Bertz CT molecular complexity index is 6840. The molecule has 486 valence electrons. The van der Waals surface area contributed by atoms with Crippen molar-refractivity contribution in [1.82, 2.24) is 43.2 Å². The lowest BCUT2D eigenvalue weighted by Crippen LogP contribution is -2.03. The number of benzene rings is 15. The third kappa shape index (κ3) is 10.2. The number of aromatic nitrogens is 9. The first-order valence-corrected chi connectivity index (χ1v) is 35.1. The van der Waals surface area contributed by atoms with Crippen molar-refractivity contribution in [3.05, 3.63) is 370 Å². The Labute approximate surface area is 598 Å². The molecular formula is C95H61N9. The average Bonchev–Trinajstić information content (AvgIpc) is 1.59. The molecule has 15 aromatic carbocycles. The fourth-order valence-corrected chi connectivity index (χ4v) is 15.5. The minimum Gasteiger partial charge on any atom is -0.309 e. The van der Waals surface area contributed by atoms with Crippen LogP contribution in [0.25, 0.3) is 189 Å². The van der Waals surface area contributed by atoms with E-state index in [4.69, 9.17) is 24.9 Å². The predicted molar refractivity (Wildman–Crippen MR) is 429 cm³/mol. The highest BCUT2D eigenvalue weighted by molar-refractivity contribution is 6.15. The molecular weight excluding hydrogens is 1270 g/mol. The second kappa shape index (κ2) is 24.9. The van der Waals surface area contributed by atoms with Crippen LogP contribution in [0.3, 0.4) is 0 Å². The summed E-state index contributed by atoms with van der Waals surface area (Å²) in [6.07, 6.45) is 0. The van der Waals surface area contributed by atoms with Crippen LogP contribution in [0.2, 0.25) is 0 Å². The summed E-state index contributed by atoms with van der Waals surface area (Å²) in [6.45, 7) is 0. The minimum atomic E-state index is 0.631. The van der Waals surface area contributed by atoms with Crippen molar-refractivity contribution in [2.75, 3.05) is 0 Å². The van der Waals surface area contributed by atoms with E-state index in [-0.39, 0.29) is 0 Å². The molecule has 0 N–H and O–H groups in total. The van der Waals surface area contributed by atoms with Crippen LogP contribution in [0.1, 0.15) is 0 Å². The monoisotopic (exact) mass is 1330 g/mol. The quantitative estimate of drug-likeness (QED) is 0.136. The van der Waals surface area contributed by atoms with Gasteiger partial charge in [0, 0.05) is 87.8 Å². The molecule has 0 saturated heterocycles. The van der Waals surface area contributed by atoms with Crippen LogP contribution in [0.4, 0.5) is 0 Å². The zero-order chi connectivity index (χ0) is 68.6. The van der Waals surface area contributed by atoms with Crippen LogP contribution in [0, 0.1) is 0 Å². The SMILES string of the molecule is c1ccc(-c2nc(-c3ccccc3)nc(-c3cccc(-n4c5ccccc5c5cc(-c6ccc7c(c6)c6ccccc6n7-c6ccccc6)ccc54)c3)n2)cc1.c1ccc(-c2nc(-n3c4ccccc4c4cc(-c5ccc6c(c5)c5ccccc5n6-c5ccccc5)ccc43)nc3ccccc23)cc1. The Balaban J connectivity index is 0.000000140. The maximum atomic E-state index is 5.23. The van der Waals surface area contributed by atoms with E-state index < -0.39 is 0 Å². The fourth-order valence-electron chi connectivity index (χ4n) is 15.5. The lowest BCUT2D eigenvalue weighted by Gasteiger charge is -2.12. The smallest absolute Gasteiger partial charge is 0.235 e. The van der Waals surface area contributed by atoms with Gasteiger partial charge >= 0.3 is 0 Å². The van der Waals surface area contributed by atoms with E-state index in [0.717, 1.165) is 78.0 Å². The summed E-state index contributed by atoms with van der Waals surface area (Å²) < 4.78 is 9.29. The van der Waals surface area contributed by atoms with Gasteiger partial charge in [0.05, 0.1) is 55.3 Å². The minimum absolute atomic E-state index is 0.631. The van der Waals surface area contributed by atoms with E-state index >= 15 is 0 Å². The summed E-state index contributed by atoms with van der Waals surface area (Å²) in [6, 6.07) is 131. The van der Waals surface area contributed by atoms with Gasteiger partial charge in [-0.3, -0.25) is 4.57 Å². The Morgan fingerprint density at radius 3 is 0.885 bits per heavy atom. The molecule has 0 saturated carbocycles. The van der Waals surface area contributed by atoms with Gasteiger partial charge in [-0.25, -0.2) is 24.9 Å². The van der Waals surface area contributed by atoms with Crippen LogP contribution in [-0.2, 0) is 0 Å². The van der Waals surface area contributed by atoms with Crippen molar-refractivity contribution >= 4 is 98.1 Å². The first kappa shape index (κ1) is 59.9. The normalized spacial score (nSPS) is 11.7. The van der Waals surface area contributed by atoms with Gasteiger partial charge in [0.15, 0.2) is 17.5 Å². The van der Waals surface area contributed by atoms with Crippen LogP contribution in [0.15, 0.2) is 370 Å². The van der Waals surface area contributed by atoms with E-state index in [1.807, 2.05) is 72.8 Å². The van der Waals surface area contributed by atoms with E-state index in [1.165, 1.54) is 87.4 Å². The molecule has 0 spiro atoms. The van der Waals surface area contributed by atoms with Gasteiger partial charge in [0.1, 0.15) is 0 Å². The average molecular weight is 1330 g/mol. The van der Waals surface area contributed by atoms with Crippen LogP contribution in [0.5, 0.6) is 0 Å². The molecule has 104 heavy (non-hydrogen) atoms. The summed E-state index contributed by atoms with van der Waals surface area (Å²) >= 11 is 0. The molecule has 0 aliphatic rings. The van der Waals surface area contributed by atoms with Gasteiger partial charge in [-0.15, -0.1) is 0 Å². The lowest BCUT2D eigenvalue weighted by molar-refractivity contribution is 1.01. The van der Waals surface area contributed by atoms with E-state index in [1.54, 1.807) is 0 Å². The molecule has 21 rings (SSSR count). The van der Waals surface area contributed by atoms with Crippen molar-refractivity contribution in [1.29, 1.82) is 0 Å². The first-order valence-electron chi connectivity index (χ1n) is 35.1. The van der Waals surface area contributed by atoms with Gasteiger partial charge in [0.2, 0.25) is 5.95 Å². The van der Waals surface area contributed by atoms with Crippen molar-refractivity contribution in [3.63, 3.8) is 0 Å². The molecule has 21 aromatic rings.